The first-order valence-corrected chi connectivity index (χ1v) is 12.5. The monoisotopic (exact) mass is 452 g/mol. The zero-order valence-corrected chi connectivity index (χ0v) is 18.9. The summed E-state index contributed by atoms with van der Waals surface area (Å²) in [6.45, 7) is 0. The Morgan fingerprint density at radius 1 is 0.500 bits per heavy atom. The molecule has 4 heteroatoms. The molecule has 0 amide bonds. The number of phenols is 2. The van der Waals surface area contributed by atoms with Crippen LogP contribution >= 0.6 is 19.3 Å². The highest BCUT2D eigenvalue weighted by Crippen LogP contribution is 2.44. The van der Waals surface area contributed by atoms with Crippen molar-refractivity contribution in [3.63, 3.8) is 0 Å². The van der Waals surface area contributed by atoms with Crippen LogP contribution in [-0.4, -0.2) is 10.2 Å². The van der Waals surface area contributed by atoms with E-state index in [0.29, 0.717) is 5.56 Å². The second kappa shape index (κ2) is 9.00. The van der Waals surface area contributed by atoms with Gasteiger partial charge in [0.2, 0.25) is 0 Å². The molecule has 0 radical (unpaired) electrons. The Kier molecular flexibility index (Phi) is 5.77. The lowest BCUT2D eigenvalue weighted by Crippen LogP contribution is -2.21. The average molecular weight is 453 g/mol. The van der Waals surface area contributed by atoms with Crippen LogP contribution in [0.1, 0.15) is 0 Å². The van der Waals surface area contributed by atoms with Crippen LogP contribution in [0.25, 0.3) is 20.9 Å². The van der Waals surface area contributed by atoms with Gasteiger partial charge in [-0.25, -0.2) is 0 Å². The molecule has 0 fully saturated rings. The maximum Gasteiger partial charge on any atom is 0.127 e. The Labute approximate surface area is 192 Å². The first-order chi connectivity index (χ1) is 15.7. The van der Waals surface area contributed by atoms with Crippen LogP contribution in [0.3, 0.4) is 0 Å². The summed E-state index contributed by atoms with van der Waals surface area (Å²) >= 11 is 1.58. The van der Waals surface area contributed by atoms with Crippen molar-refractivity contribution in [2.24, 2.45) is 0 Å². The molecule has 32 heavy (non-hydrogen) atoms. The van der Waals surface area contributed by atoms with E-state index < -0.39 is 7.92 Å². The van der Waals surface area contributed by atoms with Gasteiger partial charge >= 0.3 is 0 Å². The lowest BCUT2D eigenvalue weighted by Gasteiger charge is -2.22. The molecule has 0 aliphatic carbocycles. The fourth-order valence-electron chi connectivity index (χ4n) is 3.86. The lowest BCUT2D eigenvalue weighted by atomic mass is 10.1. The van der Waals surface area contributed by atoms with Crippen LogP contribution < -0.4 is 15.9 Å². The maximum atomic E-state index is 10.3. The largest absolute Gasteiger partial charge is 0.507 e. The van der Waals surface area contributed by atoms with Crippen LogP contribution in [0.15, 0.2) is 115 Å². The van der Waals surface area contributed by atoms with Crippen LogP contribution in [0.4, 0.5) is 0 Å². The van der Waals surface area contributed by atoms with Crippen molar-refractivity contribution < 1.29 is 10.2 Å². The lowest BCUT2D eigenvalue weighted by molar-refractivity contribution is 0.454. The van der Waals surface area contributed by atoms with Gasteiger partial charge in [-0.15, -0.1) is 11.3 Å². The van der Waals surface area contributed by atoms with Crippen molar-refractivity contribution in [1.82, 2.24) is 0 Å². The molecule has 1 aromatic heterocycles. The Hall–Kier alpha value is -3.39. The Balaban J connectivity index is 1.65. The van der Waals surface area contributed by atoms with E-state index in [1.54, 1.807) is 29.5 Å². The fourth-order valence-corrected chi connectivity index (χ4v) is 7.51. The van der Waals surface area contributed by atoms with Gasteiger partial charge in [0.25, 0.3) is 0 Å². The molecule has 2 N–H and O–H groups in total. The summed E-state index contributed by atoms with van der Waals surface area (Å²) in [7, 11) is -0.740. The quantitative estimate of drug-likeness (QED) is 0.310. The second-order valence-corrected chi connectivity index (χ2v) is 10.6. The van der Waals surface area contributed by atoms with Crippen molar-refractivity contribution in [2.45, 2.75) is 0 Å². The van der Waals surface area contributed by atoms with Crippen molar-refractivity contribution >= 4 is 35.2 Å². The Morgan fingerprint density at radius 3 is 1.66 bits per heavy atom. The molecular formula is C28H21O2PS. The predicted molar refractivity (Wildman–Crippen MR) is 137 cm³/mol. The van der Waals surface area contributed by atoms with E-state index in [1.165, 1.54) is 21.5 Å². The smallest absolute Gasteiger partial charge is 0.127 e. The molecule has 1 heterocycles. The maximum absolute atomic E-state index is 10.3. The van der Waals surface area contributed by atoms with Crippen LogP contribution in [0.2, 0.25) is 0 Å². The number of hydrogen-bond acceptors (Lipinski definition) is 3. The van der Waals surface area contributed by atoms with Gasteiger partial charge in [-0.2, -0.15) is 0 Å². The van der Waals surface area contributed by atoms with E-state index in [4.69, 9.17) is 0 Å². The predicted octanol–water partition coefficient (Wildman–Crippen LogP) is 6.25. The van der Waals surface area contributed by atoms with Crippen molar-refractivity contribution in [3.05, 3.63) is 115 Å². The van der Waals surface area contributed by atoms with E-state index in [2.05, 4.69) is 91.0 Å². The van der Waals surface area contributed by atoms with Gasteiger partial charge in [-0.05, 0) is 53.7 Å². The van der Waals surface area contributed by atoms with Gasteiger partial charge in [-0.3, -0.25) is 0 Å². The normalized spacial score (nSPS) is 11.0. The minimum atomic E-state index is -0.740. The van der Waals surface area contributed by atoms with E-state index in [1.807, 2.05) is 6.07 Å². The summed E-state index contributed by atoms with van der Waals surface area (Å²) in [5.74, 6) is 0.171. The van der Waals surface area contributed by atoms with Crippen LogP contribution in [0.5, 0.6) is 11.5 Å². The number of rotatable bonds is 5. The van der Waals surface area contributed by atoms with E-state index in [0.717, 1.165) is 9.75 Å². The summed E-state index contributed by atoms with van der Waals surface area (Å²) in [5.41, 5.74) is 1.66. The van der Waals surface area contributed by atoms with Crippen molar-refractivity contribution in [2.75, 3.05) is 0 Å². The highest BCUT2D eigenvalue weighted by atomic mass is 32.1. The molecule has 4 aromatic carbocycles. The number of thiophene rings is 1. The Bertz CT molecular complexity index is 1290. The summed E-state index contributed by atoms with van der Waals surface area (Å²) in [5, 5.41) is 24.5. The summed E-state index contributed by atoms with van der Waals surface area (Å²) in [6.07, 6.45) is 0. The first-order valence-electron chi connectivity index (χ1n) is 10.3. The molecule has 0 saturated heterocycles. The van der Waals surface area contributed by atoms with Gasteiger partial charge < -0.3 is 10.2 Å². The topological polar surface area (TPSA) is 40.5 Å². The van der Waals surface area contributed by atoms with Gasteiger partial charge in [0.15, 0.2) is 0 Å². The second-order valence-electron chi connectivity index (χ2n) is 7.36. The third-order valence-corrected chi connectivity index (χ3v) is 8.95. The molecule has 0 bridgehead atoms. The van der Waals surface area contributed by atoms with Gasteiger partial charge in [-0.1, -0.05) is 91.0 Å². The molecule has 0 saturated carbocycles. The number of aromatic hydroxyl groups is 2. The minimum Gasteiger partial charge on any atom is -0.507 e. The molecule has 0 unspecified atom stereocenters. The summed E-state index contributed by atoms with van der Waals surface area (Å²) in [6, 6.07) is 38.8. The van der Waals surface area contributed by atoms with E-state index >= 15 is 0 Å². The molecule has 5 rings (SSSR count). The molecule has 2 nitrogen and oxygen atoms in total. The van der Waals surface area contributed by atoms with E-state index in [9.17, 15) is 10.2 Å². The van der Waals surface area contributed by atoms with Crippen molar-refractivity contribution in [1.29, 1.82) is 0 Å². The molecule has 0 aliphatic heterocycles. The number of hydrogen-bond donors (Lipinski definition) is 2. The highest BCUT2D eigenvalue weighted by molar-refractivity contribution is 7.80. The SMILES string of the molecule is Oc1cccc(O)c1-c1ccc(-c2ccccc2P(c2ccccc2)c2ccccc2)s1. The molecule has 156 valence electrons. The highest BCUT2D eigenvalue weighted by Gasteiger charge is 2.21. The standard InChI is InChI=1S/C28H21O2PS/c29-23-15-9-16-24(30)28(23)27-19-18-26(32-27)22-14-7-8-17-25(22)31(20-10-3-1-4-11-20)21-12-5-2-6-13-21/h1-19,29-30H. The third kappa shape index (κ3) is 3.93. The van der Waals surface area contributed by atoms with Crippen LogP contribution in [0, 0.1) is 0 Å². The first kappa shape index (κ1) is 20.5. The van der Waals surface area contributed by atoms with Gasteiger partial charge in [0.05, 0.1) is 5.56 Å². The summed E-state index contributed by atoms with van der Waals surface area (Å²) in [4.78, 5) is 1.95. The zero-order chi connectivity index (χ0) is 21.9. The molecule has 5 aromatic rings. The van der Waals surface area contributed by atoms with Gasteiger partial charge in [0, 0.05) is 9.75 Å². The van der Waals surface area contributed by atoms with Crippen LogP contribution in [-0.2, 0) is 0 Å². The number of benzene rings is 4. The molecule has 0 spiro atoms. The Morgan fingerprint density at radius 2 is 1.03 bits per heavy atom. The zero-order valence-electron chi connectivity index (χ0n) is 17.2. The third-order valence-electron chi connectivity index (χ3n) is 5.31. The average Bonchev–Trinajstić information content (AvgIpc) is 3.30. The minimum absolute atomic E-state index is 0.0857. The summed E-state index contributed by atoms with van der Waals surface area (Å²) < 4.78 is 0. The van der Waals surface area contributed by atoms with Crippen molar-refractivity contribution in [3.8, 4) is 32.4 Å². The molecule has 0 atom stereocenters. The fraction of sp³-hybridized carbons (Fsp3) is 0. The molecular weight excluding hydrogens is 431 g/mol. The van der Waals surface area contributed by atoms with Gasteiger partial charge in [0.1, 0.15) is 11.5 Å². The molecule has 0 aliphatic rings. The van der Waals surface area contributed by atoms with E-state index in [-0.39, 0.29) is 11.5 Å². The number of phenolic OH excluding ortho intramolecular Hbond substituents is 2.